The minimum atomic E-state index is 0.0370. The fraction of sp³-hybridized carbons (Fsp3) is 1.00. The van der Waals surface area contributed by atoms with Gasteiger partial charge in [-0.25, -0.2) is 0 Å². The first-order valence-corrected chi connectivity index (χ1v) is 6.67. The van der Waals surface area contributed by atoms with Gasteiger partial charge in [0.15, 0.2) is 0 Å². The molecule has 3 atom stereocenters. The molecule has 0 radical (unpaired) electrons. The summed E-state index contributed by atoms with van der Waals surface area (Å²) in [5.74, 6) is 0. The maximum absolute atomic E-state index is 6.04. The van der Waals surface area contributed by atoms with Crippen molar-refractivity contribution in [2.45, 2.75) is 79.0 Å². The van der Waals surface area contributed by atoms with Gasteiger partial charge in [-0.2, -0.15) is 0 Å². The Labute approximate surface area is 106 Å². The number of hydrogen-bond acceptors (Lipinski definition) is 3. The van der Waals surface area contributed by atoms with Crippen molar-refractivity contribution in [2.24, 2.45) is 5.41 Å². The van der Waals surface area contributed by atoms with Crippen molar-refractivity contribution in [3.8, 4) is 0 Å². The summed E-state index contributed by atoms with van der Waals surface area (Å²) in [4.78, 5) is 0. The van der Waals surface area contributed by atoms with E-state index in [0.29, 0.717) is 6.61 Å². The van der Waals surface area contributed by atoms with Crippen molar-refractivity contribution < 1.29 is 14.2 Å². The predicted molar refractivity (Wildman–Crippen MR) is 69.2 cm³/mol. The van der Waals surface area contributed by atoms with Gasteiger partial charge in [-0.15, -0.1) is 0 Å². The van der Waals surface area contributed by atoms with Crippen molar-refractivity contribution in [3.05, 3.63) is 0 Å². The van der Waals surface area contributed by atoms with Crippen molar-refractivity contribution in [3.63, 3.8) is 0 Å². The molecule has 0 spiro atoms. The molecule has 17 heavy (non-hydrogen) atoms. The van der Waals surface area contributed by atoms with Gasteiger partial charge in [0, 0.05) is 5.41 Å². The highest BCUT2D eigenvalue weighted by Crippen LogP contribution is 2.40. The van der Waals surface area contributed by atoms with Gasteiger partial charge in [0.05, 0.1) is 31.0 Å². The third kappa shape index (κ3) is 3.67. The molecule has 1 aliphatic rings. The predicted octanol–water partition coefficient (Wildman–Crippen LogP) is 3.02. The summed E-state index contributed by atoms with van der Waals surface area (Å²) in [6.07, 6.45) is 0.806. The molecule has 1 rings (SSSR count). The second-order valence-corrected chi connectivity index (χ2v) is 6.13. The molecule has 102 valence electrons. The Morgan fingerprint density at radius 2 is 1.71 bits per heavy atom. The molecule has 0 amide bonds. The molecule has 0 N–H and O–H groups in total. The third-order valence-corrected chi connectivity index (χ3v) is 3.51. The molecule has 0 aromatic carbocycles. The van der Waals surface area contributed by atoms with E-state index in [9.17, 15) is 0 Å². The van der Waals surface area contributed by atoms with Gasteiger partial charge in [0.1, 0.15) is 6.10 Å². The summed E-state index contributed by atoms with van der Waals surface area (Å²) < 4.78 is 17.7. The molecule has 0 aromatic rings. The largest absolute Gasteiger partial charge is 0.376 e. The van der Waals surface area contributed by atoms with Crippen LogP contribution in [0.25, 0.3) is 0 Å². The van der Waals surface area contributed by atoms with Gasteiger partial charge in [0.2, 0.25) is 0 Å². The molecular weight excluding hydrogens is 216 g/mol. The summed E-state index contributed by atoms with van der Waals surface area (Å²) in [5.41, 5.74) is 0.0370. The monoisotopic (exact) mass is 244 g/mol. The van der Waals surface area contributed by atoms with Crippen molar-refractivity contribution in [1.82, 2.24) is 0 Å². The van der Waals surface area contributed by atoms with E-state index in [1.165, 1.54) is 0 Å². The van der Waals surface area contributed by atoms with Crippen LogP contribution in [0, 0.1) is 5.41 Å². The smallest absolute Gasteiger partial charge is 0.108 e. The number of rotatable bonds is 5. The Bertz CT molecular complexity index is 236. The van der Waals surface area contributed by atoms with E-state index < -0.39 is 0 Å². The minimum Gasteiger partial charge on any atom is -0.376 e. The normalized spacial score (nSPS) is 32.6. The first-order valence-electron chi connectivity index (χ1n) is 6.67. The van der Waals surface area contributed by atoms with Gasteiger partial charge in [0.25, 0.3) is 0 Å². The van der Waals surface area contributed by atoms with Crippen LogP contribution >= 0.6 is 0 Å². The van der Waals surface area contributed by atoms with Gasteiger partial charge in [-0.05, 0) is 34.6 Å². The van der Waals surface area contributed by atoms with E-state index in [4.69, 9.17) is 14.2 Å². The number of hydrogen-bond donors (Lipinski definition) is 0. The number of ether oxygens (including phenoxy) is 3. The van der Waals surface area contributed by atoms with Crippen LogP contribution in [-0.4, -0.2) is 37.1 Å². The zero-order valence-corrected chi connectivity index (χ0v) is 12.3. The Morgan fingerprint density at radius 1 is 1.12 bits per heavy atom. The lowest BCUT2D eigenvalue weighted by atomic mass is 9.82. The molecule has 0 bridgehead atoms. The maximum atomic E-state index is 6.04. The summed E-state index contributed by atoms with van der Waals surface area (Å²) in [6, 6.07) is 0. The molecule has 0 saturated carbocycles. The summed E-state index contributed by atoms with van der Waals surface area (Å²) in [5, 5.41) is 0. The minimum absolute atomic E-state index is 0.0370. The molecule has 1 aliphatic heterocycles. The molecule has 3 heteroatoms. The fourth-order valence-electron chi connectivity index (χ4n) is 2.19. The van der Waals surface area contributed by atoms with E-state index in [1.807, 2.05) is 13.8 Å². The van der Waals surface area contributed by atoms with Gasteiger partial charge >= 0.3 is 0 Å². The SMILES string of the molecule is CC(C)OC[C@H]1O[C@H](C)C(C)(C)[C@@H]1OC(C)C. The Morgan fingerprint density at radius 3 is 2.18 bits per heavy atom. The van der Waals surface area contributed by atoms with Gasteiger partial charge in [-0.1, -0.05) is 13.8 Å². The molecule has 0 aliphatic carbocycles. The van der Waals surface area contributed by atoms with E-state index in [0.717, 1.165) is 0 Å². The van der Waals surface area contributed by atoms with Crippen LogP contribution in [0.1, 0.15) is 48.5 Å². The van der Waals surface area contributed by atoms with E-state index >= 15 is 0 Å². The Kier molecular flexibility index (Phi) is 4.99. The highest BCUT2D eigenvalue weighted by molar-refractivity contribution is 4.96. The highest BCUT2D eigenvalue weighted by Gasteiger charge is 2.49. The maximum Gasteiger partial charge on any atom is 0.108 e. The molecule has 1 fully saturated rings. The van der Waals surface area contributed by atoms with E-state index in [1.54, 1.807) is 0 Å². The fourth-order valence-corrected chi connectivity index (χ4v) is 2.19. The standard InChI is InChI=1S/C14H28O3/c1-9(2)15-8-12-13(16-10(3)4)14(6,7)11(5)17-12/h9-13H,8H2,1-7H3/t11-,12-,13-/m1/s1. The lowest BCUT2D eigenvalue weighted by molar-refractivity contribution is -0.0934. The van der Waals surface area contributed by atoms with Crippen LogP contribution in [0.2, 0.25) is 0 Å². The summed E-state index contributed by atoms with van der Waals surface area (Å²) in [7, 11) is 0. The van der Waals surface area contributed by atoms with Gasteiger partial charge in [-0.3, -0.25) is 0 Å². The van der Waals surface area contributed by atoms with Crippen molar-refractivity contribution >= 4 is 0 Å². The molecule has 0 aromatic heterocycles. The Hall–Kier alpha value is -0.120. The summed E-state index contributed by atoms with van der Waals surface area (Å²) in [6.45, 7) is 15.4. The van der Waals surface area contributed by atoms with Crippen LogP contribution in [0.3, 0.4) is 0 Å². The van der Waals surface area contributed by atoms with Crippen LogP contribution in [-0.2, 0) is 14.2 Å². The molecular formula is C14H28O3. The topological polar surface area (TPSA) is 27.7 Å². The third-order valence-electron chi connectivity index (χ3n) is 3.51. The van der Waals surface area contributed by atoms with Gasteiger partial charge < -0.3 is 14.2 Å². The van der Waals surface area contributed by atoms with Crippen LogP contribution < -0.4 is 0 Å². The van der Waals surface area contributed by atoms with Crippen molar-refractivity contribution in [1.29, 1.82) is 0 Å². The first kappa shape index (κ1) is 14.9. The zero-order chi connectivity index (χ0) is 13.2. The van der Waals surface area contributed by atoms with Crippen molar-refractivity contribution in [2.75, 3.05) is 6.61 Å². The quantitative estimate of drug-likeness (QED) is 0.744. The second-order valence-electron chi connectivity index (χ2n) is 6.13. The molecule has 1 heterocycles. The van der Waals surface area contributed by atoms with Crippen LogP contribution in [0.15, 0.2) is 0 Å². The van der Waals surface area contributed by atoms with E-state index in [-0.39, 0.29) is 35.9 Å². The highest BCUT2D eigenvalue weighted by atomic mass is 16.6. The van der Waals surface area contributed by atoms with E-state index in [2.05, 4.69) is 34.6 Å². The second kappa shape index (κ2) is 5.68. The lowest BCUT2D eigenvalue weighted by Gasteiger charge is -2.31. The zero-order valence-electron chi connectivity index (χ0n) is 12.3. The van der Waals surface area contributed by atoms with Crippen LogP contribution in [0.4, 0.5) is 0 Å². The average molecular weight is 244 g/mol. The average Bonchev–Trinajstić information content (AvgIpc) is 2.38. The molecule has 0 unspecified atom stereocenters. The first-order chi connectivity index (χ1) is 7.75. The van der Waals surface area contributed by atoms with Crippen LogP contribution in [0.5, 0.6) is 0 Å². The molecule has 3 nitrogen and oxygen atoms in total. The molecule has 1 saturated heterocycles. The Balaban J connectivity index is 2.68. The lowest BCUT2D eigenvalue weighted by Crippen LogP contribution is -2.40. The summed E-state index contributed by atoms with van der Waals surface area (Å²) >= 11 is 0.